The molecule has 0 atom stereocenters. The van der Waals surface area contributed by atoms with Gasteiger partial charge >= 0.3 is 0 Å². The molecule has 0 aliphatic heterocycles. The summed E-state index contributed by atoms with van der Waals surface area (Å²) in [5.41, 5.74) is 15.3. The lowest BCUT2D eigenvalue weighted by Crippen LogP contribution is -2.25. The van der Waals surface area contributed by atoms with E-state index in [1.807, 2.05) is 0 Å². The van der Waals surface area contributed by atoms with Gasteiger partial charge in [0.15, 0.2) is 0 Å². The highest BCUT2D eigenvalue weighted by Gasteiger charge is 2.51. The van der Waals surface area contributed by atoms with Crippen LogP contribution in [0.25, 0.3) is 98.4 Å². The molecule has 2 aliphatic carbocycles. The van der Waals surface area contributed by atoms with Gasteiger partial charge in [-0.1, -0.05) is 176 Å². The van der Waals surface area contributed by atoms with E-state index in [-0.39, 0.29) is 0 Å². The Morgan fingerprint density at radius 2 is 0.667 bits per heavy atom. The lowest BCUT2D eigenvalue weighted by Gasteiger charge is -2.31. The third kappa shape index (κ3) is 4.12. The highest BCUT2D eigenvalue weighted by molar-refractivity contribution is 6.26. The molecule has 13 rings (SSSR count). The van der Waals surface area contributed by atoms with E-state index in [1.54, 1.807) is 0 Å². The van der Waals surface area contributed by atoms with E-state index in [0.717, 1.165) is 0 Å². The maximum atomic E-state index is 2.56. The number of hydrogen-bond donors (Lipinski definition) is 0. The summed E-state index contributed by atoms with van der Waals surface area (Å²) in [7, 11) is 0. The summed E-state index contributed by atoms with van der Waals surface area (Å²) in [6.07, 6.45) is 0. The predicted molar refractivity (Wildman–Crippen MR) is 241 cm³/mol. The van der Waals surface area contributed by atoms with Crippen molar-refractivity contribution in [1.82, 2.24) is 0 Å². The Bertz CT molecular complexity index is 3480. The van der Waals surface area contributed by atoms with Crippen LogP contribution in [0.2, 0.25) is 0 Å². The zero-order chi connectivity index (χ0) is 37.2. The van der Waals surface area contributed by atoms with Crippen LogP contribution in [0.4, 0.5) is 0 Å². The summed E-state index contributed by atoms with van der Waals surface area (Å²) in [5.74, 6) is 0. The lowest BCUT2D eigenvalue weighted by atomic mass is 9.70. The fraction of sp³-hybridized carbons (Fsp3) is 0.0175. The third-order valence-electron chi connectivity index (χ3n) is 13.2. The summed E-state index contributed by atoms with van der Waals surface area (Å²) in [6, 6.07) is 77.7. The Morgan fingerprint density at radius 1 is 0.211 bits per heavy atom. The van der Waals surface area contributed by atoms with E-state index in [1.165, 1.54) is 121 Å². The minimum atomic E-state index is -0.424. The molecule has 0 N–H and O–H groups in total. The molecule has 11 aromatic carbocycles. The lowest BCUT2D eigenvalue weighted by molar-refractivity contribution is 0.795. The maximum Gasteiger partial charge on any atom is 0.0725 e. The molecule has 0 unspecified atom stereocenters. The van der Waals surface area contributed by atoms with Crippen LogP contribution in [0, 0.1) is 0 Å². The minimum Gasteiger partial charge on any atom is -0.0619 e. The fourth-order valence-corrected chi connectivity index (χ4v) is 10.8. The number of rotatable bonds is 2. The van der Waals surface area contributed by atoms with E-state index < -0.39 is 5.41 Å². The first-order chi connectivity index (χ1) is 28.3. The molecule has 0 fully saturated rings. The average molecular weight is 719 g/mol. The van der Waals surface area contributed by atoms with Crippen LogP contribution in [0.1, 0.15) is 22.3 Å². The van der Waals surface area contributed by atoms with Crippen molar-refractivity contribution in [2.24, 2.45) is 0 Å². The van der Waals surface area contributed by atoms with Gasteiger partial charge in [-0.05, 0) is 151 Å². The monoisotopic (exact) mass is 718 g/mol. The highest BCUT2D eigenvalue weighted by atomic mass is 14.5. The summed E-state index contributed by atoms with van der Waals surface area (Å²) < 4.78 is 0. The van der Waals surface area contributed by atoms with Crippen molar-refractivity contribution in [3.05, 3.63) is 229 Å². The second-order valence-electron chi connectivity index (χ2n) is 15.9. The quantitative estimate of drug-likeness (QED) is 0.156. The van der Waals surface area contributed by atoms with Crippen LogP contribution in [-0.2, 0) is 5.41 Å². The molecule has 0 nitrogen and oxygen atoms in total. The zero-order valence-electron chi connectivity index (χ0n) is 31.1. The number of fused-ring (bicyclic) bond motifs is 19. The molecular formula is C57H34. The first-order valence-corrected chi connectivity index (χ1v) is 20.0. The average Bonchev–Trinajstić information content (AvgIpc) is 3.75. The van der Waals surface area contributed by atoms with Crippen molar-refractivity contribution >= 4 is 53.9 Å². The zero-order valence-corrected chi connectivity index (χ0v) is 31.1. The molecule has 0 radical (unpaired) electrons. The van der Waals surface area contributed by atoms with Crippen molar-refractivity contribution < 1.29 is 0 Å². The van der Waals surface area contributed by atoms with Crippen LogP contribution in [-0.4, -0.2) is 0 Å². The molecule has 0 amide bonds. The van der Waals surface area contributed by atoms with E-state index in [4.69, 9.17) is 0 Å². The maximum absolute atomic E-state index is 2.56. The summed E-state index contributed by atoms with van der Waals surface area (Å²) in [5, 5.41) is 13.0. The molecule has 0 aromatic heterocycles. The summed E-state index contributed by atoms with van der Waals surface area (Å²) in [4.78, 5) is 0. The van der Waals surface area contributed by atoms with Gasteiger partial charge in [0, 0.05) is 0 Å². The standard InChI is InChI=1S/C57H34/c1-2-15-41-35(12-1)24-25-36-26-27-39(31-48(36)41)37-13-11-14-38(30-37)40-28-29-55-51(32-40)52-33-49-44-18-5-3-16-42(44)43-17-4-6-19-45(43)50(49)34-56(52)57(55)53-22-9-7-20-46(53)47-21-8-10-23-54(47)57/h1-34H. The Labute approximate surface area is 330 Å². The predicted octanol–water partition coefficient (Wildman–Crippen LogP) is 15.1. The van der Waals surface area contributed by atoms with Gasteiger partial charge in [0.25, 0.3) is 0 Å². The molecule has 1 spiro atoms. The normalized spacial score (nSPS) is 13.4. The van der Waals surface area contributed by atoms with Gasteiger partial charge in [-0.3, -0.25) is 0 Å². The van der Waals surface area contributed by atoms with Crippen molar-refractivity contribution in [3.8, 4) is 44.5 Å². The van der Waals surface area contributed by atoms with Crippen LogP contribution in [0.5, 0.6) is 0 Å². The van der Waals surface area contributed by atoms with Crippen LogP contribution < -0.4 is 0 Å². The van der Waals surface area contributed by atoms with Gasteiger partial charge in [0.05, 0.1) is 5.41 Å². The van der Waals surface area contributed by atoms with Gasteiger partial charge in [0.1, 0.15) is 0 Å². The molecule has 0 bridgehead atoms. The Hall–Kier alpha value is -7.28. The molecule has 0 heteroatoms. The van der Waals surface area contributed by atoms with E-state index in [0.29, 0.717) is 0 Å². The second kappa shape index (κ2) is 11.4. The van der Waals surface area contributed by atoms with Gasteiger partial charge < -0.3 is 0 Å². The minimum absolute atomic E-state index is 0.424. The molecule has 0 heterocycles. The Kier molecular flexibility index (Phi) is 6.19. The molecule has 0 saturated heterocycles. The largest absolute Gasteiger partial charge is 0.0725 e. The van der Waals surface area contributed by atoms with Gasteiger partial charge in [-0.25, -0.2) is 0 Å². The smallest absolute Gasteiger partial charge is 0.0619 e. The van der Waals surface area contributed by atoms with Crippen molar-refractivity contribution in [3.63, 3.8) is 0 Å². The SMILES string of the molecule is c1cc(-c2ccc3c(c2)-c2cc4c5ccccc5c5ccccc5c4cc2C32c3ccccc3-c3ccccc32)cc(-c2ccc3ccc4ccccc4c3c2)c1. The van der Waals surface area contributed by atoms with E-state index in [9.17, 15) is 0 Å². The first kappa shape index (κ1) is 31.0. The number of benzene rings is 11. The molecule has 57 heavy (non-hydrogen) atoms. The van der Waals surface area contributed by atoms with E-state index >= 15 is 0 Å². The van der Waals surface area contributed by atoms with Crippen molar-refractivity contribution in [1.29, 1.82) is 0 Å². The number of hydrogen-bond acceptors (Lipinski definition) is 0. The Balaban J connectivity index is 1.07. The summed E-state index contributed by atoms with van der Waals surface area (Å²) >= 11 is 0. The second-order valence-corrected chi connectivity index (χ2v) is 15.9. The topological polar surface area (TPSA) is 0 Å². The Morgan fingerprint density at radius 3 is 1.35 bits per heavy atom. The fourth-order valence-electron chi connectivity index (χ4n) is 10.8. The van der Waals surface area contributed by atoms with Crippen molar-refractivity contribution in [2.75, 3.05) is 0 Å². The van der Waals surface area contributed by atoms with Crippen LogP contribution in [0.15, 0.2) is 206 Å². The third-order valence-corrected chi connectivity index (χ3v) is 13.2. The molecule has 2 aliphatic rings. The van der Waals surface area contributed by atoms with E-state index in [2.05, 4.69) is 206 Å². The van der Waals surface area contributed by atoms with Gasteiger partial charge in [0.2, 0.25) is 0 Å². The van der Waals surface area contributed by atoms with Gasteiger partial charge in [-0.15, -0.1) is 0 Å². The highest BCUT2D eigenvalue weighted by Crippen LogP contribution is 2.64. The van der Waals surface area contributed by atoms with Crippen LogP contribution >= 0.6 is 0 Å². The van der Waals surface area contributed by atoms with Gasteiger partial charge in [-0.2, -0.15) is 0 Å². The van der Waals surface area contributed by atoms with Crippen LogP contribution in [0.3, 0.4) is 0 Å². The van der Waals surface area contributed by atoms with Crippen molar-refractivity contribution in [2.45, 2.75) is 5.41 Å². The molecule has 262 valence electrons. The summed E-state index contributed by atoms with van der Waals surface area (Å²) in [6.45, 7) is 0. The first-order valence-electron chi connectivity index (χ1n) is 20.0. The molecule has 0 saturated carbocycles. The molecule has 11 aromatic rings. The molecular weight excluding hydrogens is 685 g/mol.